The summed E-state index contributed by atoms with van der Waals surface area (Å²) in [5, 5.41) is 0. The van der Waals surface area contributed by atoms with Crippen LogP contribution in [-0.2, 0) is 22.4 Å². The van der Waals surface area contributed by atoms with Crippen LogP contribution in [0.2, 0.25) is 0 Å². The second-order valence-electron chi connectivity index (χ2n) is 0.994. The predicted octanol–water partition coefficient (Wildman–Crippen LogP) is 2.76. The molecule has 0 aromatic rings. The summed E-state index contributed by atoms with van der Waals surface area (Å²) in [4.78, 5) is 0. The van der Waals surface area contributed by atoms with E-state index in [2.05, 4.69) is 0 Å². The van der Waals surface area contributed by atoms with E-state index in [1.54, 1.807) is 0 Å². The molecule has 0 aromatic heterocycles. The smallest absolute Gasteiger partial charge is 0.160 e. The van der Waals surface area contributed by atoms with Gasteiger partial charge in [-0.1, -0.05) is 0 Å². The van der Waals surface area contributed by atoms with Crippen LogP contribution in [0.1, 0.15) is 0 Å². The Balaban J connectivity index is 0. The minimum absolute atomic E-state index is 0. The van der Waals surface area contributed by atoms with Gasteiger partial charge < -0.3 is 0 Å². The Hall–Kier alpha value is 0.670. The summed E-state index contributed by atoms with van der Waals surface area (Å²) in [5.41, 5.74) is -10.4. The van der Waals surface area contributed by atoms with E-state index in [4.69, 9.17) is 0 Å². The molecule has 0 aliphatic rings. The maximum Gasteiger partial charge on any atom is 0.450 e. The molecule has 0 rings (SSSR count). The second kappa shape index (κ2) is 3.89. The molecule has 0 N–H and O–H groups in total. The Morgan fingerprint density at radius 1 is 0.700 bits per heavy atom. The first-order chi connectivity index (χ1) is 3.71. The number of alkyl halides is 6. The van der Waals surface area contributed by atoms with Crippen molar-refractivity contribution in [2.24, 2.45) is 0 Å². The van der Waals surface area contributed by atoms with E-state index in [1.165, 1.54) is 0 Å². The molecule has 0 heterocycles. The molecule has 0 aromatic carbocycles. The van der Waals surface area contributed by atoms with Gasteiger partial charge in [0.1, 0.15) is 0 Å². The Kier molecular flexibility index (Phi) is 5.16. The van der Waals surface area contributed by atoms with Crippen molar-refractivity contribution in [3.8, 4) is 0 Å². The normalized spacial score (nSPS) is 12.6. The molecule has 0 spiro atoms. The molecular weight excluding hydrogens is 278 g/mol. The molecule has 0 amide bonds. The molecule has 0 nitrogen and oxygen atoms in total. The molecule has 0 fully saturated rings. The first-order valence-corrected chi connectivity index (χ1v) is 2.36. The van der Waals surface area contributed by atoms with Gasteiger partial charge in [0, 0.05) is 22.4 Å². The Labute approximate surface area is 71.9 Å². The van der Waals surface area contributed by atoms with Crippen molar-refractivity contribution in [2.75, 3.05) is 0 Å². The minimum Gasteiger partial charge on any atom is -0.160 e. The topological polar surface area (TPSA) is 0 Å². The Bertz CT molecular complexity index is 80.9. The molecular formula is C2AgF6S. The van der Waals surface area contributed by atoms with E-state index in [9.17, 15) is 26.3 Å². The summed E-state index contributed by atoms with van der Waals surface area (Å²) < 4.78 is 64.8. The SMILES string of the molecule is FC(F)(F)SC(F)(F)F.[Ag]. The molecule has 0 unspecified atom stereocenters. The third kappa shape index (κ3) is 11.5. The summed E-state index contributed by atoms with van der Waals surface area (Å²) in [6.45, 7) is 0. The standard InChI is InChI=1S/C2F6S.Ag/c3-1(4,5)9-2(6,7)8;. The number of rotatable bonds is 0. The van der Waals surface area contributed by atoms with Gasteiger partial charge >= 0.3 is 11.0 Å². The number of hydrogen-bond acceptors (Lipinski definition) is 1. The number of halogens is 6. The molecule has 8 heteroatoms. The van der Waals surface area contributed by atoms with Crippen molar-refractivity contribution in [3.63, 3.8) is 0 Å². The second-order valence-corrected chi connectivity index (χ2v) is 2.12. The average molecular weight is 278 g/mol. The van der Waals surface area contributed by atoms with Gasteiger partial charge in [-0.3, -0.25) is 0 Å². The summed E-state index contributed by atoms with van der Waals surface area (Å²) in [6.07, 6.45) is 0. The molecule has 0 aliphatic carbocycles. The fourth-order valence-corrected chi connectivity index (χ4v) is 0.394. The van der Waals surface area contributed by atoms with Crippen LogP contribution in [0.5, 0.6) is 0 Å². The first-order valence-electron chi connectivity index (χ1n) is 1.54. The molecule has 0 aliphatic heterocycles. The third-order valence-corrected chi connectivity index (χ3v) is 0.694. The molecule has 0 bridgehead atoms. The van der Waals surface area contributed by atoms with Gasteiger partial charge in [-0.15, -0.1) is 0 Å². The summed E-state index contributed by atoms with van der Waals surface area (Å²) in [7, 11) is 0. The van der Waals surface area contributed by atoms with Crippen LogP contribution in [-0.4, -0.2) is 11.0 Å². The zero-order valence-corrected chi connectivity index (χ0v) is 6.28. The van der Waals surface area contributed by atoms with Gasteiger partial charge in [-0.05, 0) is 0 Å². The van der Waals surface area contributed by atoms with E-state index in [-0.39, 0.29) is 22.4 Å². The van der Waals surface area contributed by atoms with Gasteiger partial charge in [0.15, 0.2) is 0 Å². The Morgan fingerprint density at radius 2 is 0.900 bits per heavy atom. The van der Waals surface area contributed by atoms with Crippen LogP contribution in [0.3, 0.4) is 0 Å². The monoisotopic (exact) mass is 277 g/mol. The van der Waals surface area contributed by atoms with Gasteiger partial charge in [-0.2, -0.15) is 26.3 Å². The molecule has 0 saturated carbocycles. The van der Waals surface area contributed by atoms with E-state index in [0.29, 0.717) is 0 Å². The van der Waals surface area contributed by atoms with Crippen molar-refractivity contribution >= 4 is 11.8 Å². The Morgan fingerprint density at radius 3 is 0.900 bits per heavy atom. The number of thioether (sulfide) groups is 1. The fraction of sp³-hybridized carbons (Fsp3) is 1.00. The van der Waals surface area contributed by atoms with Gasteiger partial charge in [0.2, 0.25) is 0 Å². The molecule has 0 atom stereocenters. The van der Waals surface area contributed by atoms with Crippen molar-refractivity contribution < 1.29 is 48.7 Å². The average Bonchev–Trinajstić information content (AvgIpc) is 1.14. The van der Waals surface area contributed by atoms with Gasteiger partial charge in [0.05, 0.1) is 11.8 Å². The quantitative estimate of drug-likeness (QED) is 0.485. The van der Waals surface area contributed by atoms with Gasteiger partial charge in [-0.25, -0.2) is 0 Å². The zero-order valence-electron chi connectivity index (χ0n) is 3.98. The van der Waals surface area contributed by atoms with E-state index < -0.39 is 22.8 Å². The first kappa shape index (κ1) is 13.3. The fourth-order valence-electron chi connectivity index (χ4n) is 0.131. The van der Waals surface area contributed by atoms with Crippen LogP contribution in [0.4, 0.5) is 26.3 Å². The van der Waals surface area contributed by atoms with Crippen molar-refractivity contribution in [1.29, 1.82) is 0 Å². The summed E-state index contributed by atoms with van der Waals surface area (Å²) >= 11 is -1.99. The maximum absolute atomic E-state index is 10.8. The minimum atomic E-state index is -5.22. The molecule has 0 saturated heterocycles. The zero-order chi connectivity index (χ0) is 7.71. The predicted molar refractivity (Wildman–Crippen MR) is 19.7 cm³/mol. The number of hydrogen-bond donors (Lipinski definition) is 0. The van der Waals surface area contributed by atoms with Crippen LogP contribution >= 0.6 is 11.8 Å². The van der Waals surface area contributed by atoms with E-state index >= 15 is 0 Å². The van der Waals surface area contributed by atoms with E-state index in [1.807, 2.05) is 0 Å². The van der Waals surface area contributed by atoms with Crippen molar-refractivity contribution in [2.45, 2.75) is 11.0 Å². The third-order valence-electron chi connectivity index (χ3n) is 0.231. The molecule has 67 valence electrons. The van der Waals surface area contributed by atoms with Gasteiger partial charge in [0.25, 0.3) is 0 Å². The van der Waals surface area contributed by atoms with Crippen LogP contribution < -0.4 is 0 Å². The van der Waals surface area contributed by atoms with Crippen LogP contribution in [0.25, 0.3) is 0 Å². The summed E-state index contributed by atoms with van der Waals surface area (Å²) in [5.74, 6) is 0. The van der Waals surface area contributed by atoms with Crippen molar-refractivity contribution in [1.82, 2.24) is 0 Å². The van der Waals surface area contributed by atoms with Crippen molar-refractivity contribution in [3.05, 3.63) is 0 Å². The molecule has 1 radical (unpaired) electrons. The van der Waals surface area contributed by atoms with Crippen LogP contribution in [0.15, 0.2) is 0 Å². The van der Waals surface area contributed by atoms with Crippen LogP contribution in [0, 0.1) is 0 Å². The maximum atomic E-state index is 10.8. The van der Waals surface area contributed by atoms with E-state index in [0.717, 1.165) is 0 Å². The molecule has 10 heavy (non-hydrogen) atoms. The summed E-state index contributed by atoms with van der Waals surface area (Å²) in [6, 6.07) is 0. The largest absolute Gasteiger partial charge is 0.450 e.